The molecular formula is C30H34O3. The molecule has 2 aromatic rings. The number of Topliss-reactive ketones (excluding diaryl/α,β-unsaturated/α-hetero) is 1. The van der Waals surface area contributed by atoms with Crippen molar-refractivity contribution >= 4 is 11.4 Å². The Morgan fingerprint density at radius 1 is 1.03 bits per heavy atom. The Kier molecular flexibility index (Phi) is 7.75. The van der Waals surface area contributed by atoms with Crippen LogP contribution in [0.15, 0.2) is 85.2 Å². The molecule has 1 aliphatic rings. The van der Waals surface area contributed by atoms with Gasteiger partial charge in [-0.25, -0.2) is 0 Å². The molecule has 0 heterocycles. The van der Waals surface area contributed by atoms with E-state index in [1.807, 2.05) is 44.2 Å². The fourth-order valence-corrected chi connectivity index (χ4v) is 4.17. The maximum atomic E-state index is 13.2. The van der Waals surface area contributed by atoms with Gasteiger partial charge in [-0.3, -0.25) is 4.79 Å². The molecule has 0 unspecified atom stereocenters. The summed E-state index contributed by atoms with van der Waals surface area (Å²) in [6.07, 6.45) is 6.67. The monoisotopic (exact) mass is 442 g/mol. The fraction of sp³-hybridized carbons (Fsp3) is 0.300. The topological polar surface area (TPSA) is 35.5 Å². The molecule has 3 heteroatoms. The van der Waals surface area contributed by atoms with E-state index < -0.39 is 0 Å². The number of carbonyl (C=O) groups is 1. The summed E-state index contributed by atoms with van der Waals surface area (Å²) in [6.45, 7) is 16.8. The second kappa shape index (κ2) is 10.5. The molecule has 0 N–H and O–H groups in total. The van der Waals surface area contributed by atoms with E-state index in [0.29, 0.717) is 19.6 Å². The Bertz CT molecular complexity index is 1100. The first-order chi connectivity index (χ1) is 15.8. The number of hydrogen-bond acceptors (Lipinski definition) is 3. The largest absolute Gasteiger partial charge is 0.497 e. The molecule has 0 bridgehead atoms. The van der Waals surface area contributed by atoms with E-state index in [-0.39, 0.29) is 11.2 Å². The highest BCUT2D eigenvalue weighted by Crippen LogP contribution is 2.42. The van der Waals surface area contributed by atoms with Crippen molar-refractivity contribution in [2.24, 2.45) is 5.41 Å². The SMILES string of the molecule is C=C/C=C(\C=C)COc1ccc(-c2ccc(C)c(C3=C(OCC)CC(C)(C)CC3=O)c2)cc1. The Labute approximate surface area is 198 Å². The number of ether oxygens (including phenoxy) is 2. The highest BCUT2D eigenvalue weighted by molar-refractivity contribution is 6.22. The van der Waals surface area contributed by atoms with Crippen LogP contribution in [-0.2, 0) is 9.53 Å². The van der Waals surface area contributed by atoms with Crippen LogP contribution in [0.3, 0.4) is 0 Å². The van der Waals surface area contributed by atoms with Gasteiger partial charge in [-0.05, 0) is 65.3 Å². The van der Waals surface area contributed by atoms with Crippen LogP contribution in [0.25, 0.3) is 16.7 Å². The second-order valence-electron chi connectivity index (χ2n) is 9.20. The molecule has 0 fully saturated rings. The third-order valence-corrected chi connectivity index (χ3v) is 5.85. The predicted molar refractivity (Wildman–Crippen MR) is 137 cm³/mol. The molecule has 0 spiro atoms. The third-order valence-electron chi connectivity index (χ3n) is 5.85. The van der Waals surface area contributed by atoms with Crippen molar-refractivity contribution < 1.29 is 14.3 Å². The first-order valence-corrected chi connectivity index (χ1v) is 11.5. The number of rotatable bonds is 9. The molecule has 1 aliphatic carbocycles. The zero-order valence-electron chi connectivity index (χ0n) is 20.2. The van der Waals surface area contributed by atoms with E-state index in [0.717, 1.165) is 51.3 Å². The summed E-state index contributed by atoms with van der Waals surface area (Å²) < 4.78 is 11.8. The lowest BCUT2D eigenvalue weighted by atomic mass is 9.74. The van der Waals surface area contributed by atoms with Crippen LogP contribution in [0.1, 0.15) is 44.7 Å². The van der Waals surface area contributed by atoms with E-state index >= 15 is 0 Å². The summed E-state index contributed by atoms with van der Waals surface area (Å²) in [5, 5.41) is 0. The average Bonchev–Trinajstić information content (AvgIpc) is 2.77. The smallest absolute Gasteiger partial charge is 0.167 e. The van der Waals surface area contributed by atoms with E-state index in [1.165, 1.54) is 0 Å². The van der Waals surface area contributed by atoms with Crippen LogP contribution in [-0.4, -0.2) is 19.0 Å². The van der Waals surface area contributed by atoms with Gasteiger partial charge in [0.15, 0.2) is 5.78 Å². The number of aryl methyl sites for hydroxylation is 1. The number of carbonyl (C=O) groups excluding carboxylic acids is 1. The average molecular weight is 443 g/mol. The van der Waals surface area contributed by atoms with Gasteiger partial charge in [-0.1, -0.05) is 69.5 Å². The first kappa shape index (κ1) is 24.3. The Morgan fingerprint density at radius 3 is 2.36 bits per heavy atom. The third kappa shape index (κ3) is 5.92. The van der Waals surface area contributed by atoms with Crippen molar-refractivity contribution in [3.05, 3.63) is 96.3 Å². The summed E-state index contributed by atoms with van der Waals surface area (Å²) in [5.74, 6) is 1.76. The van der Waals surface area contributed by atoms with Gasteiger partial charge in [0, 0.05) is 12.8 Å². The maximum Gasteiger partial charge on any atom is 0.167 e. The summed E-state index contributed by atoms with van der Waals surface area (Å²) in [7, 11) is 0. The Hall–Kier alpha value is -3.33. The van der Waals surface area contributed by atoms with Gasteiger partial charge in [-0.2, -0.15) is 0 Å². The summed E-state index contributed by atoms with van der Waals surface area (Å²) in [4.78, 5) is 13.2. The minimum atomic E-state index is -0.0846. The van der Waals surface area contributed by atoms with Gasteiger partial charge < -0.3 is 9.47 Å². The van der Waals surface area contributed by atoms with E-state index in [4.69, 9.17) is 9.47 Å². The van der Waals surface area contributed by atoms with Crippen LogP contribution in [0.2, 0.25) is 0 Å². The minimum Gasteiger partial charge on any atom is -0.497 e. The summed E-state index contributed by atoms with van der Waals surface area (Å²) in [5.41, 5.74) is 5.78. The Balaban J connectivity index is 1.91. The van der Waals surface area contributed by atoms with Gasteiger partial charge >= 0.3 is 0 Å². The molecule has 0 saturated heterocycles. The van der Waals surface area contributed by atoms with Gasteiger partial charge in [0.05, 0.1) is 12.2 Å². The van der Waals surface area contributed by atoms with E-state index in [1.54, 1.807) is 12.2 Å². The van der Waals surface area contributed by atoms with Crippen LogP contribution >= 0.6 is 0 Å². The molecule has 0 saturated carbocycles. The number of hydrogen-bond donors (Lipinski definition) is 0. The molecule has 172 valence electrons. The van der Waals surface area contributed by atoms with Crippen molar-refractivity contribution in [2.75, 3.05) is 13.2 Å². The zero-order valence-corrected chi connectivity index (χ0v) is 20.2. The lowest BCUT2D eigenvalue weighted by molar-refractivity contribution is -0.116. The second-order valence-corrected chi connectivity index (χ2v) is 9.20. The molecule has 3 nitrogen and oxygen atoms in total. The molecule has 0 aliphatic heterocycles. The molecule has 3 rings (SSSR count). The van der Waals surface area contributed by atoms with Gasteiger partial charge in [0.25, 0.3) is 0 Å². The number of allylic oxidation sites excluding steroid dienone is 4. The van der Waals surface area contributed by atoms with E-state index in [2.05, 4.69) is 45.2 Å². The first-order valence-electron chi connectivity index (χ1n) is 11.5. The van der Waals surface area contributed by atoms with Gasteiger partial charge in [-0.15, -0.1) is 0 Å². The number of benzene rings is 2. The van der Waals surface area contributed by atoms with Crippen LogP contribution < -0.4 is 4.74 Å². The molecule has 2 aromatic carbocycles. The minimum absolute atomic E-state index is 0.0846. The zero-order chi connectivity index (χ0) is 24.0. The fourth-order valence-electron chi connectivity index (χ4n) is 4.17. The molecule has 0 radical (unpaired) electrons. The van der Waals surface area contributed by atoms with Crippen LogP contribution in [0.5, 0.6) is 5.75 Å². The van der Waals surface area contributed by atoms with Crippen LogP contribution in [0.4, 0.5) is 0 Å². The molecule has 33 heavy (non-hydrogen) atoms. The molecular weight excluding hydrogens is 408 g/mol. The summed E-state index contributed by atoms with van der Waals surface area (Å²) >= 11 is 0. The maximum absolute atomic E-state index is 13.2. The van der Waals surface area contributed by atoms with Crippen molar-refractivity contribution in [2.45, 2.75) is 40.5 Å². The van der Waals surface area contributed by atoms with Gasteiger partial charge in [0.1, 0.15) is 18.1 Å². The van der Waals surface area contributed by atoms with E-state index in [9.17, 15) is 4.79 Å². The highest BCUT2D eigenvalue weighted by Gasteiger charge is 2.35. The van der Waals surface area contributed by atoms with Gasteiger partial charge in [0.2, 0.25) is 0 Å². The normalized spacial score (nSPS) is 15.9. The van der Waals surface area contributed by atoms with Crippen molar-refractivity contribution in [1.29, 1.82) is 0 Å². The van der Waals surface area contributed by atoms with Crippen molar-refractivity contribution in [1.82, 2.24) is 0 Å². The Morgan fingerprint density at radius 2 is 1.73 bits per heavy atom. The standard InChI is InChI=1S/C30H34O3/c1-7-10-22(8-2)20-33-25-15-13-23(14-16-25)24-12-11-21(4)26(17-24)29-27(31)18-30(5,6)19-28(29)32-9-3/h7-8,10-17H,1-2,9,18-20H2,3-6H3/b22-10+. The molecule has 0 atom stereocenters. The molecule has 0 aromatic heterocycles. The van der Waals surface area contributed by atoms with Crippen LogP contribution in [0, 0.1) is 12.3 Å². The highest BCUT2D eigenvalue weighted by atomic mass is 16.5. The predicted octanol–water partition coefficient (Wildman–Crippen LogP) is 7.48. The molecule has 0 amide bonds. The summed E-state index contributed by atoms with van der Waals surface area (Å²) in [6, 6.07) is 14.3. The lowest BCUT2D eigenvalue weighted by Crippen LogP contribution is -2.26. The van der Waals surface area contributed by atoms with Crippen molar-refractivity contribution in [3.63, 3.8) is 0 Å². The van der Waals surface area contributed by atoms with Crippen molar-refractivity contribution in [3.8, 4) is 16.9 Å². The number of ketones is 1. The quantitative estimate of drug-likeness (QED) is 0.378. The lowest BCUT2D eigenvalue weighted by Gasteiger charge is -2.32.